The predicted octanol–water partition coefficient (Wildman–Crippen LogP) is 4.55. The molecule has 0 aromatic carbocycles. The van der Waals surface area contributed by atoms with E-state index in [0.717, 1.165) is 68.1 Å². The van der Waals surface area contributed by atoms with Gasteiger partial charge in [-0.1, -0.05) is 37.8 Å². The summed E-state index contributed by atoms with van der Waals surface area (Å²) in [6, 6.07) is 6.29. The Morgan fingerprint density at radius 1 is 1.22 bits per heavy atom. The topological polar surface area (TPSA) is 70.2 Å². The van der Waals surface area contributed by atoms with E-state index in [2.05, 4.69) is 75.1 Å². The lowest BCUT2D eigenvalue weighted by atomic mass is 10.0. The number of pyridine rings is 2. The monoisotopic (exact) mass is 419 g/mol. The summed E-state index contributed by atoms with van der Waals surface area (Å²) in [6.45, 7) is 8.44. The minimum Gasteiger partial charge on any atom is -0.353 e. The smallest absolute Gasteiger partial charge is 0.116 e. The minimum absolute atomic E-state index is 0.858. The third-order valence-corrected chi connectivity index (χ3v) is 5.86. The first kappa shape index (κ1) is 19.9. The Labute approximate surface area is 186 Å². The number of rotatable bonds is 5. The van der Waals surface area contributed by atoms with Crippen molar-refractivity contribution < 1.29 is 0 Å². The molecular weight excluding hydrogens is 394 g/mol. The number of hydrogen-bond acceptors (Lipinski definition) is 3. The van der Waals surface area contributed by atoms with Gasteiger partial charge in [-0.15, -0.1) is 0 Å². The molecule has 5 heteroatoms. The Morgan fingerprint density at radius 3 is 2.91 bits per heavy atom. The second kappa shape index (κ2) is 8.27. The molecule has 0 fully saturated rings. The van der Waals surface area contributed by atoms with Crippen LogP contribution in [0.4, 0.5) is 0 Å². The van der Waals surface area contributed by atoms with E-state index in [1.165, 1.54) is 5.56 Å². The van der Waals surface area contributed by atoms with Crippen LogP contribution in [0.1, 0.15) is 37.1 Å². The molecule has 0 saturated carbocycles. The summed E-state index contributed by atoms with van der Waals surface area (Å²) < 4.78 is 0. The van der Waals surface area contributed by atoms with E-state index in [1.54, 1.807) is 0 Å². The fourth-order valence-corrected chi connectivity index (χ4v) is 4.09. The third kappa shape index (κ3) is 3.52. The van der Waals surface area contributed by atoms with Crippen LogP contribution in [0, 0.1) is 0 Å². The number of H-pyrrole nitrogens is 2. The molecule has 0 saturated heterocycles. The van der Waals surface area contributed by atoms with Gasteiger partial charge >= 0.3 is 0 Å². The summed E-state index contributed by atoms with van der Waals surface area (Å²) in [6.07, 6.45) is 18.1. The predicted molar refractivity (Wildman–Crippen MR) is 132 cm³/mol. The van der Waals surface area contributed by atoms with E-state index in [1.807, 2.05) is 37.7 Å². The molecule has 4 aromatic heterocycles. The van der Waals surface area contributed by atoms with Gasteiger partial charge in [-0.05, 0) is 66.3 Å². The van der Waals surface area contributed by atoms with Crippen LogP contribution in [0.25, 0.3) is 45.6 Å². The molecule has 4 heterocycles. The quantitative estimate of drug-likeness (QED) is 0.499. The van der Waals surface area contributed by atoms with Crippen molar-refractivity contribution in [1.82, 2.24) is 25.1 Å². The largest absolute Gasteiger partial charge is 0.353 e. The molecule has 0 spiro atoms. The molecule has 0 unspecified atom stereocenters. The van der Waals surface area contributed by atoms with E-state index < -0.39 is 0 Å². The first-order chi connectivity index (χ1) is 15.7. The van der Waals surface area contributed by atoms with Crippen molar-refractivity contribution in [3.63, 3.8) is 0 Å². The van der Waals surface area contributed by atoms with Crippen LogP contribution in [-0.4, -0.2) is 25.1 Å². The van der Waals surface area contributed by atoms with Crippen LogP contribution >= 0.6 is 0 Å². The molecule has 1 aliphatic carbocycles. The maximum Gasteiger partial charge on any atom is 0.116 e. The fraction of sp³-hybridized carbons (Fsp3) is 0.148. The second-order valence-corrected chi connectivity index (χ2v) is 7.89. The Hall–Kier alpha value is -3.99. The Balaban J connectivity index is 1.64. The van der Waals surface area contributed by atoms with Gasteiger partial charge in [-0.3, -0.25) is 15.1 Å². The molecular formula is C27H25N5. The number of aryl methyl sites for hydroxylation is 1. The molecule has 1 aliphatic rings. The number of hydrogen-bond donors (Lipinski definition) is 2. The van der Waals surface area contributed by atoms with Gasteiger partial charge in [0.2, 0.25) is 0 Å². The number of fused-ring (bicyclic) bond motifs is 1. The van der Waals surface area contributed by atoms with Crippen molar-refractivity contribution in [3.8, 4) is 11.4 Å². The highest BCUT2D eigenvalue weighted by Crippen LogP contribution is 2.29. The lowest BCUT2D eigenvalue weighted by Crippen LogP contribution is -2.23. The van der Waals surface area contributed by atoms with Gasteiger partial charge < -0.3 is 4.98 Å². The van der Waals surface area contributed by atoms with Crippen molar-refractivity contribution in [2.75, 3.05) is 0 Å². The van der Waals surface area contributed by atoms with Crippen molar-refractivity contribution in [2.24, 2.45) is 0 Å². The molecule has 0 atom stereocenters. The first-order valence-electron chi connectivity index (χ1n) is 10.9. The molecule has 5 nitrogen and oxygen atoms in total. The molecule has 0 bridgehead atoms. The lowest BCUT2D eigenvalue weighted by molar-refractivity contribution is 1.06. The average molecular weight is 420 g/mol. The molecule has 2 N–H and O–H groups in total. The summed E-state index contributed by atoms with van der Waals surface area (Å²) in [4.78, 5) is 12.5. The maximum absolute atomic E-state index is 4.64. The zero-order chi connectivity index (χ0) is 22.1. The van der Waals surface area contributed by atoms with Gasteiger partial charge in [0.05, 0.1) is 16.7 Å². The molecule has 0 amide bonds. The van der Waals surface area contributed by atoms with Crippen molar-refractivity contribution in [2.45, 2.75) is 26.7 Å². The third-order valence-electron chi connectivity index (χ3n) is 5.86. The number of nitrogens with zero attached hydrogens (tertiary/aromatic N) is 3. The van der Waals surface area contributed by atoms with Crippen LogP contribution in [0.15, 0.2) is 61.6 Å². The van der Waals surface area contributed by atoms with Gasteiger partial charge in [0.1, 0.15) is 5.69 Å². The van der Waals surface area contributed by atoms with E-state index in [9.17, 15) is 0 Å². The fourth-order valence-electron chi connectivity index (χ4n) is 4.09. The highest BCUT2D eigenvalue weighted by atomic mass is 15.1. The normalized spacial score (nSPS) is 14.5. The number of aromatic amines is 2. The van der Waals surface area contributed by atoms with Gasteiger partial charge in [-0.2, -0.15) is 5.10 Å². The van der Waals surface area contributed by atoms with E-state index in [4.69, 9.17) is 0 Å². The van der Waals surface area contributed by atoms with E-state index in [0.29, 0.717) is 0 Å². The second-order valence-electron chi connectivity index (χ2n) is 7.89. The number of nitrogens with one attached hydrogen (secondary N) is 2. The summed E-state index contributed by atoms with van der Waals surface area (Å²) in [5.41, 5.74) is 8.11. The summed E-state index contributed by atoms with van der Waals surface area (Å²) in [5.74, 6) is 0. The Kier molecular flexibility index (Phi) is 5.15. The molecule has 158 valence electrons. The van der Waals surface area contributed by atoms with Crippen LogP contribution in [0.3, 0.4) is 0 Å². The molecule has 5 rings (SSSR count). The molecule has 0 radical (unpaired) electrons. The van der Waals surface area contributed by atoms with E-state index in [-0.39, 0.29) is 0 Å². The van der Waals surface area contributed by atoms with Gasteiger partial charge in [0.25, 0.3) is 0 Å². The summed E-state index contributed by atoms with van der Waals surface area (Å²) >= 11 is 0. The standard InChI is InChI=1S/C27H25N5/c1-4-18-13-20(16-28-15-18)17(3)12-21-23(5-2)31-32-27(21)25-14-22-24(30-25)10-11-29-26(22)19-8-6-7-9-19/h5-6,8-16,30-31H,3-4,7H2,1-2H3/b21-12+,23-5+. The van der Waals surface area contributed by atoms with Crippen LogP contribution in [0.5, 0.6) is 0 Å². The Bertz CT molecular complexity index is 1510. The lowest BCUT2D eigenvalue weighted by Gasteiger charge is -2.02. The minimum atomic E-state index is 0.858. The van der Waals surface area contributed by atoms with Gasteiger partial charge in [-0.25, -0.2) is 0 Å². The van der Waals surface area contributed by atoms with Crippen LogP contribution in [-0.2, 0) is 6.42 Å². The highest BCUT2D eigenvalue weighted by molar-refractivity contribution is 5.96. The van der Waals surface area contributed by atoms with Crippen molar-refractivity contribution in [3.05, 3.63) is 89.0 Å². The summed E-state index contributed by atoms with van der Waals surface area (Å²) in [5, 5.41) is 10.9. The van der Waals surface area contributed by atoms with Crippen molar-refractivity contribution in [1.29, 1.82) is 0 Å². The SMILES string of the molecule is C=C(/C=c1/c(-c2cc3c(C4=CCC=C4)nccc3[nH]2)n[nH]/c1=C/C)c1cncc(CC)c1. The maximum atomic E-state index is 4.64. The molecule has 4 aromatic rings. The molecule has 32 heavy (non-hydrogen) atoms. The van der Waals surface area contributed by atoms with E-state index >= 15 is 0 Å². The van der Waals surface area contributed by atoms with Gasteiger partial charge in [0, 0.05) is 34.7 Å². The van der Waals surface area contributed by atoms with Crippen LogP contribution < -0.4 is 10.6 Å². The number of allylic oxidation sites excluding steroid dienone is 5. The zero-order valence-corrected chi connectivity index (χ0v) is 18.3. The highest BCUT2D eigenvalue weighted by Gasteiger charge is 2.14. The average Bonchev–Trinajstić information content (AvgIpc) is 3.57. The van der Waals surface area contributed by atoms with Crippen molar-refractivity contribution >= 4 is 34.2 Å². The van der Waals surface area contributed by atoms with Gasteiger partial charge in [0.15, 0.2) is 0 Å². The Morgan fingerprint density at radius 2 is 2.12 bits per heavy atom. The molecule has 0 aliphatic heterocycles. The number of aromatic nitrogens is 5. The first-order valence-corrected chi connectivity index (χ1v) is 10.9. The zero-order valence-electron chi connectivity index (χ0n) is 18.3. The summed E-state index contributed by atoms with van der Waals surface area (Å²) in [7, 11) is 0. The van der Waals surface area contributed by atoms with Crippen LogP contribution in [0.2, 0.25) is 0 Å².